The number of aryl methyl sites for hydroxylation is 1. The summed E-state index contributed by atoms with van der Waals surface area (Å²) in [7, 11) is 0. The maximum absolute atomic E-state index is 10.5. The zero-order valence-corrected chi connectivity index (χ0v) is 10.1. The number of rotatable bonds is 3. The van der Waals surface area contributed by atoms with Crippen molar-refractivity contribution < 1.29 is 4.79 Å². The normalized spacial score (nSPS) is 9.83. The molecule has 0 bridgehead atoms. The molecule has 0 aliphatic carbocycles. The predicted octanol–water partition coefficient (Wildman–Crippen LogP) is 3.04. The average Bonchev–Trinajstić information content (AvgIpc) is 2.09. The van der Waals surface area contributed by atoms with Gasteiger partial charge in [-0.2, -0.15) is 0 Å². The Morgan fingerprint density at radius 2 is 2.25 bits per heavy atom. The largest absolute Gasteiger partial charge is 0.298 e. The third-order valence-electron chi connectivity index (χ3n) is 1.57. The van der Waals surface area contributed by atoms with Gasteiger partial charge in [0.1, 0.15) is 6.29 Å². The number of benzene rings is 1. The molecule has 0 aliphatic rings. The van der Waals surface area contributed by atoms with Crippen LogP contribution in [0.2, 0.25) is 0 Å². The zero-order valence-electron chi connectivity index (χ0n) is 6.39. The monoisotopic (exact) mass is 338 g/mol. The molecule has 0 saturated carbocycles. The summed E-state index contributed by atoms with van der Waals surface area (Å²) >= 11 is 5.66. The van der Waals surface area contributed by atoms with Crippen LogP contribution in [0.1, 0.15) is 15.9 Å². The van der Waals surface area contributed by atoms with E-state index < -0.39 is 0 Å². The molecule has 0 heterocycles. The molecular formula is C9H8BrIO. The van der Waals surface area contributed by atoms with Crippen LogP contribution in [0.25, 0.3) is 0 Å². The van der Waals surface area contributed by atoms with Crippen LogP contribution in [0.15, 0.2) is 18.2 Å². The van der Waals surface area contributed by atoms with Crippen LogP contribution < -0.4 is 0 Å². The predicted molar refractivity (Wildman–Crippen MR) is 62.0 cm³/mol. The van der Waals surface area contributed by atoms with E-state index in [9.17, 15) is 4.79 Å². The molecule has 0 amide bonds. The second-order valence-electron chi connectivity index (χ2n) is 2.41. The molecule has 0 aromatic heterocycles. The molecule has 1 rings (SSSR count). The summed E-state index contributed by atoms with van der Waals surface area (Å²) in [5.74, 6) is 0. The van der Waals surface area contributed by atoms with Crippen LogP contribution in [-0.4, -0.2) is 11.6 Å². The van der Waals surface area contributed by atoms with Crippen molar-refractivity contribution in [3.63, 3.8) is 0 Å². The van der Waals surface area contributed by atoms with E-state index in [1.54, 1.807) is 0 Å². The van der Waals surface area contributed by atoms with Gasteiger partial charge in [0.25, 0.3) is 0 Å². The number of aldehydes is 1. The van der Waals surface area contributed by atoms with E-state index in [0.29, 0.717) is 0 Å². The summed E-state index contributed by atoms with van der Waals surface area (Å²) in [5, 5.41) is 0.936. The fourth-order valence-corrected chi connectivity index (χ4v) is 1.99. The summed E-state index contributed by atoms with van der Waals surface area (Å²) < 4.78 is 1.22. The summed E-state index contributed by atoms with van der Waals surface area (Å²) in [5.41, 5.74) is 1.99. The Hall–Kier alpha value is 0.1000. The van der Waals surface area contributed by atoms with E-state index in [2.05, 4.69) is 38.5 Å². The molecule has 0 aliphatic heterocycles. The van der Waals surface area contributed by atoms with Gasteiger partial charge < -0.3 is 0 Å². The van der Waals surface area contributed by atoms with E-state index in [1.165, 1.54) is 9.13 Å². The molecule has 0 saturated heterocycles. The van der Waals surface area contributed by atoms with Gasteiger partial charge in [-0.15, -0.1) is 0 Å². The van der Waals surface area contributed by atoms with Crippen LogP contribution in [0.5, 0.6) is 0 Å². The van der Waals surface area contributed by atoms with Crippen molar-refractivity contribution in [2.45, 2.75) is 6.42 Å². The van der Waals surface area contributed by atoms with Gasteiger partial charge in [-0.05, 0) is 46.7 Å². The molecule has 0 N–H and O–H groups in total. The van der Waals surface area contributed by atoms with E-state index in [4.69, 9.17) is 0 Å². The minimum Gasteiger partial charge on any atom is -0.298 e. The van der Waals surface area contributed by atoms with Gasteiger partial charge >= 0.3 is 0 Å². The maximum atomic E-state index is 10.5. The summed E-state index contributed by atoms with van der Waals surface area (Å²) in [6.07, 6.45) is 1.85. The zero-order chi connectivity index (χ0) is 8.97. The third kappa shape index (κ3) is 2.55. The molecule has 0 spiro atoms. The van der Waals surface area contributed by atoms with Crippen molar-refractivity contribution in [1.82, 2.24) is 0 Å². The van der Waals surface area contributed by atoms with Crippen molar-refractivity contribution in [1.29, 1.82) is 0 Å². The third-order valence-corrected chi connectivity index (χ3v) is 3.02. The summed E-state index contributed by atoms with van der Waals surface area (Å²) in [4.78, 5) is 10.5. The van der Waals surface area contributed by atoms with Crippen LogP contribution >= 0.6 is 38.5 Å². The highest BCUT2D eigenvalue weighted by Gasteiger charge is 1.99. The minimum absolute atomic E-state index is 0.756. The standard InChI is InChI=1S/C9H8BrIO/c10-4-3-8-5-7(6-12)1-2-9(8)11/h1-2,5-6H,3-4H2. The number of hydrogen-bond acceptors (Lipinski definition) is 1. The second-order valence-corrected chi connectivity index (χ2v) is 4.36. The molecule has 1 aromatic carbocycles. The molecule has 12 heavy (non-hydrogen) atoms. The van der Waals surface area contributed by atoms with Gasteiger partial charge in [-0.25, -0.2) is 0 Å². The quantitative estimate of drug-likeness (QED) is 0.470. The lowest BCUT2D eigenvalue weighted by Gasteiger charge is -2.01. The lowest BCUT2D eigenvalue weighted by Crippen LogP contribution is -1.92. The number of hydrogen-bond donors (Lipinski definition) is 0. The van der Waals surface area contributed by atoms with Crippen molar-refractivity contribution in [3.8, 4) is 0 Å². The number of alkyl halides is 1. The number of carbonyl (C=O) groups is 1. The van der Waals surface area contributed by atoms with E-state index >= 15 is 0 Å². The van der Waals surface area contributed by atoms with Crippen LogP contribution in [0.3, 0.4) is 0 Å². The van der Waals surface area contributed by atoms with Crippen molar-refractivity contribution in [2.75, 3.05) is 5.33 Å². The van der Waals surface area contributed by atoms with E-state index in [0.717, 1.165) is 23.6 Å². The van der Waals surface area contributed by atoms with Gasteiger partial charge in [-0.3, -0.25) is 4.79 Å². The first kappa shape index (κ1) is 10.2. The first-order valence-electron chi connectivity index (χ1n) is 3.57. The van der Waals surface area contributed by atoms with Gasteiger partial charge in [0.05, 0.1) is 0 Å². The van der Waals surface area contributed by atoms with Gasteiger partial charge in [-0.1, -0.05) is 22.0 Å². The highest BCUT2D eigenvalue weighted by molar-refractivity contribution is 14.1. The Labute approximate surface area is 93.8 Å². The Kier molecular flexibility index (Phi) is 4.21. The Balaban J connectivity index is 2.99. The van der Waals surface area contributed by atoms with Gasteiger partial charge in [0.2, 0.25) is 0 Å². The lowest BCUT2D eigenvalue weighted by atomic mass is 10.1. The van der Waals surface area contributed by atoms with Crippen molar-refractivity contribution in [2.24, 2.45) is 0 Å². The Morgan fingerprint density at radius 3 is 2.83 bits per heavy atom. The summed E-state index contributed by atoms with van der Waals surface area (Å²) in [6.45, 7) is 0. The Bertz CT molecular complexity index is 286. The van der Waals surface area contributed by atoms with Gasteiger partial charge in [0, 0.05) is 14.5 Å². The SMILES string of the molecule is O=Cc1ccc(I)c(CCBr)c1. The van der Waals surface area contributed by atoms with E-state index in [1.807, 2.05) is 18.2 Å². The molecule has 1 aromatic rings. The molecule has 0 radical (unpaired) electrons. The van der Waals surface area contributed by atoms with E-state index in [-0.39, 0.29) is 0 Å². The summed E-state index contributed by atoms with van der Waals surface area (Å²) in [6, 6.07) is 5.75. The lowest BCUT2D eigenvalue weighted by molar-refractivity contribution is 0.112. The van der Waals surface area contributed by atoms with Crippen molar-refractivity contribution >= 4 is 44.8 Å². The van der Waals surface area contributed by atoms with Crippen LogP contribution in [0.4, 0.5) is 0 Å². The smallest absolute Gasteiger partial charge is 0.150 e. The highest BCUT2D eigenvalue weighted by atomic mass is 127. The number of halogens is 2. The molecule has 0 atom stereocenters. The van der Waals surface area contributed by atoms with Crippen molar-refractivity contribution in [3.05, 3.63) is 32.9 Å². The minimum atomic E-state index is 0.756. The molecule has 0 unspecified atom stereocenters. The van der Waals surface area contributed by atoms with Crippen LogP contribution in [-0.2, 0) is 6.42 Å². The first-order chi connectivity index (χ1) is 5.77. The number of carbonyl (C=O) groups excluding carboxylic acids is 1. The Morgan fingerprint density at radius 1 is 1.50 bits per heavy atom. The molecule has 0 fully saturated rings. The molecular weight excluding hydrogens is 331 g/mol. The second kappa shape index (κ2) is 4.97. The maximum Gasteiger partial charge on any atom is 0.150 e. The first-order valence-corrected chi connectivity index (χ1v) is 5.77. The topological polar surface area (TPSA) is 17.1 Å². The molecule has 3 heteroatoms. The fraction of sp³-hybridized carbons (Fsp3) is 0.222. The highest BCUT2D eigenvalue weighted by Crippen LogP contribution is 2.14. The average molecular weight is 339 g/mol. The molecule has 64 valence electrons. The fourth-order valence-electron chi connectivity index (χ4n) is 0.961. The van der Waals surface area contributed by atoms with Crippen LogP contribution in [0, 0.1) is 3.57 Å². The molecule has 1 nitrogen and oxygen atoms in total. The van der Waals surface area contributed by atoms with Gasteiger partial charge in [0.15, 0.2) is 0 Å².